The number of amides is 1. The highest BCUT2D eigenvalue weighted by atomic mass is 32.1. The molecule has 0 aliphatic heterocycles. The van der Waals surface area contributed by atoms with Crippen LogP contribution < -0.4 is 5.32 Å². The third kappa shape index (κ3) is 2.78. The smallest absolute Gasteiger partial charge is 0.274 e. The van der Waals surface area contributed by atoms with Crippen LogP contribution in [0.15, 0.2) is 66.9 Å². The van der Waals surface area contributed by atoms with Crippen molar-refractivity contribution in [1.29, 1.82) is 0 Å². The highest BCUT2D eigenvalue weighted by molar-refractivity contribution is 7.71. The van der Waals surface area contributed by atoms with Gasteiger partial charge >= 0.3 is 0 Å². The first kappa shape index (κ1) is 13.3. The summed E-state index contributed by atoms with van der Waals surface area (Å²) in [5, 5.41) is 2.86. The first-order chi connectivity index (χ1) is 10.3. The number of carbonyl (C=O) groups excluding carboxylic acids is 1. The normalized spacial score (nSPS) is 10.3. The predicted molar refractivity (Wildman–Crippen MR) is 85.3 cm³/mol. The number of nitrogens with one attached hydrogen (secondary N) is 2. The monoisotopic (exact) mass is 295 g/mol. The Morgan fingerprint density at radius 1 is 1.00 bits per heavy atom. The molecule has 3 rings (SSSR count). The maximum Gasteiger partial charge on any atom is 0.274 e. The molecule has 0 atom stereocenters. The number of anilines is 1. The molecule has 0 fully saturated rings. The van der Waals surface area contributed by atoms with Crippen LogP contribution in [0.1, 0.15) is 10.5 Å². The molecule has 1 aromatic heterocycles. The van der Waals surface area contributed by atoms with E-state index in [4.69, 9.17) is 12.2 Å². The van der Waals surface area contributed by atoms with Crippen molar-refractivity contribution in [3.63, 3.8) is 0 Å². The van der Waals surface area contributed by atoms with Crippen molar-refractivity contribution >= 4 is 23.8 Å². The van der Waals surface area contributed by atoms with Crippen LogP contribution >= 0.6 is 12.2 Å². The van der Waals surface area contributed by atoms with Crippen molar-refractivity contribution < 1.29 is 4.79 Å². The molecule has 104 valence electrons. The Bertz CT molecular complexity index is 806. The van der Waals surface area contributed by atoms with E-state index in [1.807, 2.05) is 60.7 Å². The van der Waals surface area contributed by atoms with E-state index < -0.39 is 0 Å². The average molecular weight is 295 g/mol. The van der Waals surface area contributed by atoms with Gasteiger partial charge in [0.25, 0.3) is 5.91 Å². The maximum absolute atomic E-state index is 12.4. The van der Waals surface area contributed by atoms with Gasteiger partial charge < -0.3 is 10.3 Å². The summed E-state index contributed by atoms with van der Waals surface area (Å²) >= 11 is 5.27. The SMILES string of the molecule is O=C(Nc1ccccc1)c1c[nH]c(=S)n1-c1ccccc1. The van der Waals surface area contributed by atoms with Gasteiger partial charge in [0.2, 0.25) is 0 Å². The number of rotatable bonds is 3. The number of aromatic amines is 1. The van der Waals surface area contributed by atoms with Crippen molar-refractivity contribution in [2.24, 2.45) is 0 Å². The standard InChI is InChI=1S/C16H13N3OS/c20-15(18-12-7-3-1-4-8-12)14-11-17-16(21)19(14)13-9-5-2-6-10-13/h1-11H,(H,17,21)(H,18,20). The van der Waals surface area contributed by atoms with Crippen LogP contribution in [0.2, 0.25) is 0 Å². The average Bonchev–Trinajstić information content (AvgIpc) is 2.91. The first-order valence-corrected chi connectivity index (χ1v) is 6.89. The molecule has 0 saturated heterocycles. The lowest BCUT2D eigenvalue weighted by Crippen LogP contribution is -2.16. The number of hydrogen-bond acceptors (Lipinski definition) is 2. The number of H-pyrrole nitrogens is 1. The number of imidazole rings is 1. The van der Waals surface area contributed by atoms with Gasteiger partial charge in [0, 0.05) is 17.6 Å². The maximum atomic E-state index is 12.4. The largest absolute Gasteiger partial charge is 0.336 e. The van der Waals surface area contributed by atoms with E-state index in [9.17, 15) is 4.79 Å². The molecule has 3 aromatic rings. The number of aromatic nitrogens is 2. The van der Waals surface area contributed by atoms with E-state index in [1.54, 1.807) is 10.8 Å². The minimum atomic E-state index is -0.211. The minimum Gasteiger partial charge on any atom is -0.336 e. The Kier molecular flexibility index (Phi) is 3.66. The van der Waals surface area contributed by atoms with Gasteiger partial charge in [-0.25, -0.2) is 0 Å². The van der Waals surface area contributed by atoms with Crippen molar-refractivity contribution in [1.82, 2.24) is 9.55 Å². The lowest BCUT2D eigenvalue weighted by atomic mass is 10.3. The highest BCUT2D eigenvalue weighted by Gasteiger charge is 2.14. The van der Waals surface area contributed by atoms with Gasteiger partial charge in [-0.1, -0.05) is 36.4 Å². The van der Waals surface area contributed by atoms with Crippen molar-refractivity contribution in [2.75, 3.05) is 5.32 Å². The zero-order valence-electron chi connectivity index (χ0n) is 11.1. The van der Waals surface area contributed by atoms with E-state index >= 15 is 0 Å². The molecule has 4 nitrogen and oxygen atoms in total. The summed E-state index contributed by atoms with van der Waals surface area (Å²) in [6.07, 6.45) is 1.62. The van der Waals surface area contributed by atoms with Gasteiger partial charge in [-0.2, -0.15) is 0 Å². The second kappa shape index (κ2) is 5.76. The van der Waals surface area contributed by atoms with Crippen LogP contribution in [0, 0.1) is 4.77 Å². The van der Waals surface area contributed by atoms with E-state index in [0.717, 1.165) is 11.4 Å². The topological polar surface area (TPSA) is 49.8 Å². The summed E-state index contributed by atoms with van der Waals surface area (Å²) in [5.74, 6) is -0.211. The third-order valence-electron chi connectivity index (χ3n) is 3.06. The van der Waals surface area contributed by atoms with Crippen molar-refractivity contribution in [3.8, 4) is 5.69 Å². The second-order valence-corrected chi connectivity index (χ2v) is 4.86. The van der Waals surface area contributed by atoms with Gasteiger partial charge in [-0.3, -0.25) is 9.36 Å². The summed E-state index contributed by atoms with van der Waals surface area (Å²) in [4.78, 5) is 15.3. The number of para-hydroxylation sites is 2. The third-order valence-corrected chi connectivity index (χ3v) is 3.36. The summed E-state index contributed by atoms with van der Waals surface area (Å²) in [5.41, 5.74) is 2.06. The fourth-order valence-corrected chi connectivity index (χ4v) is 2.35. The lowest BCUT2D eigenvalue weighted by molar-refractivity contribution is 0.102. The van der Waals surface area contributed by atoms with Gasteiger partial charge in [-0.15, -0.1) is 0 Å². The van der Waals surface area contributed by atoms with Crippen LogP contribution in [0.25, 0.3) is 5.69 Å². The Balaban J connectivity index is 1.97. The van der Waals surface area contributed by atoms with Gasteiger partial charge in [0.15, 0.2) is 4.77 Å². The summed E-state index contributed by atoms with van der Waals surface area (Å²) in [7, 11) is 0. The van der Waals surface area contributed by atoms with Crippen LogP contribution in [0.5, 0.6) is 0 Å². The Morgan fingerprint density at radius 3 is 2.29 bits per heavy atom. The fraction of sp³-hybridized carbons (Fsp3) is 0. The molecular weight excluding hydrogens is 282 g/mol. The number of nitrogens with zero attached hydrogens (tertiary/aromatic N) is 1. The molecule has 0 aliphatic rings. The molecule has 0 saturated carbocycles. The molecule has 21 heavy (non-hydrogen) atoms. The molecule has 2 N–H and O–H groups in total. The summed E-state index contributed by atoms with van der Waals surface area (Å²) in [6.45, 7) is 0. The molecule has 0 bridgehead atoms. The van der Waals surface area contributed by atoms with Gasteiger partial charge in [0.1, 0.15) is 5.69 Å². The first-order valence-electron chi connectivity index (χ1n) is 6.48. The number of benzene rings is 2. The number of carbonyl (C=O) groups is 1. The van der Waals surface area contributed by atoms with E-state index in [1.165, 1.54) is 0 Å². The molecule has 0 aliphatic carbocycles. The Morgan fingerprint density at radius 2 is 1.62 bits per heavy atom. The highest BCUT2D eigenvalue weighted by Crippen LogP contribution is 2.14. The molecule has 0 radical (unpaired) electrons. The zero-order valence-corrected chi connectivity index (χ0v) is 11.9. The molecule has 1 heterocycles. The van der Waals surface area contributed by atoms with Crippen LogP contribution in [-0.2, 0) is 0 Å². The molecule has 0 unspecified atom stereocenters. The van der Waals surface area contributed by atoms with Gasteiger partial charge in [-0.05, 0) is 36.5 Å². The lowest BCUT2D eigenvalue weighted by Gasteiger charge is -2.09. The molecule has 1 amide bonds. The molecule has 5 heteroatoms. The van der Waals surface area contributed by atoms with Crippen LogP contribution in [0.4, 0.5) is 5.69 Å². The zero-order chi connectivity index (χ0) is 14.7. The van der Waals surface area contributed by atoms with Crippen LogP contribution in [0.3, 0.4) is 0 Å². The summed E-state index contributed by atoms with van der Waals surface area (Å²) in [6, 6.07) is 18.9. The van der Waals surface area contributed by atoms with E-state index in [-0.39, 0.29) is 5.91 Å². The van der Waals surface area contributed by atoms with Crippen molar-refractivity contribution in [3.05, 3.63) is 77.3 Å². The minimum absolute atomic E-state index is 0.211. The van der Waals surface area contributed by atoms with Crippen LogP contribution in [-0.4, -0.2) is 15.5 Å². The van der Waals surface area contributed by atoms with Gasteiger partial charge in [0.05, 0.1) is 0 Å². The molecular formula is C16H13N3OS. The second-order valence-electron chi connectivity index (χ2n) is 4.47. The fourth-order valence-electron chi connectivity index (χ4n) is 2.09. The summed E-state index contributed by atoms with van der Waals surface area (Å²) < 4.78 is 2.20. The predicted octanol–water partition coefficient (Wildman–Crippen LogP) is 3.79. The van der Waals surface area contributed by atoms with E-state index in [0.29, 0.717) is 10.5 Å². The molecule has 0 spiro atoms. The van der Waals surface area contributed by atoms with E-state index in [2.05, 4.69) is 10.3 Å². The quantitative estimate of drug-likeness (QED) is 0.722. The Labute approximate surface area is 127 Å². The number of hydrogen-bond donors (Lipinski definition) is 2. The molecule has 2 aromatic carbocycles. The Hall–Kier alpha value is -2.66. The van der Waals surface area contributed by atoms with Crippen molar-refractivity contribution in [2.45, 2.75) is 0 Å².